The van der Waals surface area contributed by atoms with Crippen LogP contribution < -0.4 is 10.5 Å². The van der Waals surface area contributed by atoms with Gasteiger partial charge in [0.25, 0.3) is 0 Å². The minimum absolute atomic E-state index is 0.205. The van der Waals surface area contributed by atoms with E-state index in [4.69, 9.17) is 5.73 Å². The predicted octanol–water partition coefficient (Wildman–Crippen LogP) is 1.14. The molecule has 5 nitrogen and oxygen atoms in total. The Hall–Kier alpha value is -0.760. The summed E-state index contributed by atoms with van der Waals surface area (Å²) in [7, 11) is -4.49. The van der Waals surface area contributed by atoms with Gasteiger partial charge in [-0.1, -0.05) is 12.1 Å². The Morgan fingerprint density at radius 2 is 2.00 bits per heavy atom. The average Bonchev–Trinajstić information content (AvgIpc) is 2.36. The smallest absolute Gasteiger partial charge is 0.240 e. The standard InChI is InChI=1S/C13H22N2O3S2/c1-10(7-8-19(3)16)15-20(17,18)13-6-4-5-12(9-13)11(2)14/h4-6,9-11,15H,7-8,14H2,1-3H3. The fourth-order valence-corrected chi connectivity index (χ4v) is 3.72. The topological polar surface area (TPSA) is 89.3 Å². The van der Waals surface area contributed by atoms with E-state index in [1.165, 1.54) is 0 Å². The lowest BCUT2D eigenvalue weighted by Crippen LogP contribution is -2.33. The SMILES string of the molecule is CC(CCS(C)=O)NS(=O)(=O)c1cccc(C(C)N)c1. The van der Waals surface area contributed by atoms with Crippen LogP contribution in [-0.2, 0) is 20.8 Å². The quantitative estimate of drug-likeness (QED) is 0.789. The highest BCUT2D eigenvalue weighted by Crippen LogP contribution is 2.16. The number of hydrogen-bond donors (Lipinski definition) is 2. The van der Waals surface area contributed by atoms with E-state index in [0.717, 1.165) is 5.56 Å². The minimum Gasteiger partial charge on any atom is -0.324 e. The highest BCUT2D eigenvalue weighted by atomic mass is 32.2. The van der Waals surface area contributed by atoms with Crippen LogP contribution in [0.3, 0.4) is 0 Å². The van der Waals surface area contributed by atoms with Crippen LogP contribution in [0.4, 0.5) is 0 Å². The van der Waals surface area contributed by atoms with Crippen molar-refractivity contribution in [1.29, 1.82) is 0 Å². The van der Waals surface area contributed by atoms with E-state index >= 15 is 0 Å². The third kappa shape index (κ3) is 5.32. The van der Waals surface area contributed by atoms with Crippen LogP contribution in [0.2, 0.25) is 0 Å². The molecule has 0 radical (unpaired) electrons. The molecule has 0 aromatic heterocycles. The number of rotatable bonds is 7. The van der Waals surface area contributed by atoms with E-state index in [0.29, 0.717) is 12.2 Å². The normalized spacial score (nSPS) is 16.6. The molecule has 0 aliphatic carbocycles. The van der Waals surface area contributed by atoms with E-state index in [9.17, 15) is 12.6 Å². The van der Waals surface area contributed by atoms with Crippen LogP contribution in [-0.4, -0.2) is 30.7 Å². The molecule has 1 aromatic rings. The Morgan fingerprint density at radius 3 is 2.55 bits per heavy atom. The van der Waals surface area contributed by atoms with Crippen molar-refractivity contribution < 1.29 is 12.6 Å². The Kier molecular flexibility index (Phi) is 6.32. The lowest BCUT2D eigenvalue weighted by molar-refractivity contribution is 0.555. The summed E-state index contributed by atoms with van der Waals surface area (Å²) in [5.41, 5.74) is 6.53. The van der Waals surface area contributed by atoms with E-state index < -0.39 is 20.8 Å². The van der Waals surface area contributed by atoms with Gasteiger partial charge in [0.1, 0.15) is 0 Å². The molecule has 1 aromatic carbocycles. The van der Waals surface area contributed by atoms with E-state index in [-0.39, 0.29) is 17.0 Å². The Bertz CT molecular complexity index is 571. The van der Waals surface area contributed by atoms with Gasteiger partial charge in [-0.05, 0) is 38.0 Å². The van der Waals surface area contributed by atoms with Gasteiger partial charge in [0.2, 0.25) is 10.0 Å². The number of sulfonamides is 1. The highest BCUT2D eigenvalue weighted by Gasteiger charge is 2.18. The third-order valence-electron chi connectivity index (χ3n) is 2.89. The van der Waals surface area contributed by atoms with E-state index in [1.807, 2.05) is 0 Å². The summed E-state index contributed by atoms with van der Waals surface area (Å²) in [4.78, 5) is 0.205. The van der Waals surface area contributed by atoms with Gasteiger partial charge in [0.15, 0.2) is 0 Å². The van der Waals surface area contributed by atoms with E-state index in [2.05, 4.69) is 4.72 Å². The Balaban J connectivity index is 2.83. The molecular weight excluding hydrogens is 296 g/mol. The van der Waals surface area contributed by atoms with Crippen molar-refractivity contribution in [3.63, 3.8) is 0 Å². The second-order valence-electron chi connectivity index (χ2n) is 4.95. The second kappa shape index (κ2) is 7.31. The van der Waals surface area contributed by atoms with Crippen LogP contribution in [0, 0.1) is 0 Å². The van der Waals surface area contributed by atoms with Gasteiger partial charge >= 0.3 is 0 Å². The highest BCUT2D eigenvalue weighted by molar-refractivity contribution is 7.89. The zero-order valence-corrected chi connectivity index (χ0v) is 13.6. The van der Waals surface area contributed by atoms with Crippen LogP contribution in [0.5, 0.6) is 0 Å². The van der Waals surface area contributed by atoms with Gasteiger partial charge in [0, 0.05) is 34.9 Å². The van der Waals surface area contributed by atoms with Crippen molar-refractivity contribution in [1.82, 2.24) is 4.72 Å². The summed E-state index contributed by atoms with van der Waals surface area (Å²) in [6.07, 6.45) is 2.14. The van der Waals surface area contributed by atoms with Crippen LogP contribution in [0.25, 0.3) is 0 Å². The van der Waals surface area contributed by atoms with Gasteiger partial charge in [-0.25, -0.2) is 13.1 Å². The van der Waals surface area contributed by atoms with Gasteiger partial charge in [-0.15, -0.1) is 0 Å². The lowest BCUT2D eigenvalue weighted by atomic mass is 10.1. The van der Waals surface area contributed by atoms with Crippen molar-refractivity contribution in [3.05, 3.63) is 29.8 Å². The summed E-state index contributed by atoms with van der Waals surface area (Å²) in [5, 5.41) is 0. The molecule has 3 unspecified atom stereocenters. The molecule has 0 aliphatic heterocycles. The third-order valence-corrected chi connectivity index (χ3v) is 5.29. The van der Waals surface area contributed by atoms with Crippen molar-refractivity contribution in [2.75, 3.05) is 12.0 Å². The number of nitrogens with two attached hydrogens (primary N) is 1. The zero-order chi connectivity index (χ0) is 15.3. The maximum absolute atomic E-state index is 12.2. The summed E-state index contributed by atoms with van der Waals surface area (Å²) < 4.78 is 38.1. The fourth-order valence-electron chi connectivity index (χ4n) is 1.70. The van der Waals surface area contributed by atoms with Crippen molar-refractivity contribution in [2.45, 2.75) is 37.2 Å². The summed E-state index contributed by atoms with van der Waals surface area (Å²) in [5.74, 6) is 0.476. The molecule has 0 amide bonds. The number of benzene rings is 1. The maximum atomic E-state index is 12.2. The first-order valence-electron chi connectivity index (χ1n) is 6.40. The van der Waals surface area contributed by atoms with Gasteiger partial charge in [-0.2, -0.15) is 0 Å². The summed E-state index contributed by atoms with van der Waals surface area (Å²) in [6, 6.07) is 6.12. The molecule has 114 valence electrons. The first-order chi connectivity index (χ1) is 9.22. The minimum atomic E-state index is -3.57. The number of nitrogens with one attached hydrogen (secondary N) is 1. The lowest BCUT2D eigenvalue weighted by Gasteiger charge is -2.14. The molecule has 0 spiro atoms. The molecule has 0 heterocycles. The van der Waals surface area contributed by atoms with Crippen molar-refractivity contribution in [3.8, 4) is 0 Å². The van der Waals surface area contributed by atoms with Gasteiger partial charge in [-0.3, -0.25) is 4.21 Å². The number of hydrogen-bond acceptors (Lipinski definition) is 4. The summed E-state index contributed by atoms with van der Waals surface area (Å²) in [6.45, 7) is 3.57. The molecule has 0 aliphatic rings. The molecule has 0 fully saturated rings. The molecule has 0 saturated heterocycles. The summed E-state index contributed by atoms with van der Waals surface area (Å²) >= 11 is 0. The van der Waals surface area contributed by atoms with Crippen LogP contribution in [0.1, 0.15) is 31.9 Å². The Labute approximate surface area is 123 Å². The zero-order valence-electron chi connectivity index (χ0n) is 12.0. The second-order valence-corrected chi connectivity index (χ2v) is 8.22. The first-order valence-corrected chi connectivity index (χ1v) is 9.61. The molecule has 0 bridgehead atoms. The van der Waals surface area contributed by atoms with E-state index in [1.54, 1.807) is 44.4 Å². The molecule has 3 atom stereocenters. The van der Waals surface area contributed by atoms with Crippen molar-refractivity contribution in [2.24, 2.45) is 5.73 Å². The van der Waals surface area contributed by atoms with Crippen molar-refractivity contribution >= 4 is 20.8 Å². The molecule has 0 saturated carbocycles. The van der Waals surface area contributed by atoms with Crippen LogP contribution >= 0.6 is 0 Å². The monoisotopic (exact) mass is 318 g/mol. The molecule has 7 heteroatoms. The maximum Gasteiger partial charge on any atom is 0.240 e. The predicted molar refractivity (Wildman–Crippen MR) is 82.4 cm³/mol. The fraction of sp³-hybridized carbons (Fsp3) is 0.538. The van der Waals surface area contributed by atoms with Gasteiger partial charge in [0.05, 0.1) is 4.90 Å². The first kappa shape index (κ1) is 17.3. The molecule has 1 rings (SSSR count). The largest absolute Gasteiger partial charge is 0.324 e. The molecular formula is C13H22N2O3S2. The van der Waals surface area contributed by atoms with Gasteiger partial charge < -0.3 is 5.73 Å². The average molecular weight is 318 g/mol. The molecule has 3 N–H and O–H groups in total. The Morgan fingerprint density at radius 1 is 1.35 bits per heavy atom. The molecule has 20 heavy (non-hydrogen) atoms. The van der Waals surface area contributed by atoms with Crippen LogP contribution in [0.15, 0.2) is 29.2 Å².